The molecule has 0 aliphatic heterocycles. The maximum absolute atomic E-state index is 13.3. The van der Waals surface area contributed by atoms with Gasteiger partial charge in [-0.1, -0.05) is 53.6 Å². The summed E-state index contributed by atoms with van der Waals surface area (Å²) in [6, 6.07) is 14.5. The number of carbonyl (C=O) groups excluding carboxylic acids is 1. The summed E-state index contributed by atoms with van der Waals surface area (Å²) < 4.78 is 53.9. The molecule has 2 atom stereocenters. The van der Waals surface area contributed by atoms with E-state index in [0.29, 0.717) is 28.3 Å². The van der Waals surface area contributed by atoms with E-state index < -0.39 is 28.8 Å². The van der Waals surface area contributed by atoms with Crippen molar-refractivity contribution in [3.63, 3.8) is 0 Å². The van der Waals surface area contributed by atoms with Crippen molar-refractivity contribution in [3.05, 3.63) is 87.6 Å². The van der Waals surface area contributed by atoms with Gasteiger partial charge in [0.1, 0.15) is 5.69 Å². The van der Waals surface area contributed by atoms with Gasteiger partial charge in [0.2, 0.25) is 5.91 Å². The molecular formula is C25H25ClF3N3O2S. The van der Waals surface area contributed by atoms with Gasteiger partial charge >= 0.3 is 6.18 Å². The zero-order valence-electron chi connectivity index (χ0n) is 19.4. The number of nitrogens with zero attached hydrogens (tertiary/aromatic N) is 1. The van der Waals surface area contributed by atoms with E-state index in [0.717, 1.165) is 17.2 Å². The molecular weight excluding hydrogens is 499 g/mol. The molecule has 1 amide bonds. The summed E-state index contributed by atoms with van der Waals surface area (Å²) in [5.41, 5.74) is 2.49. The predicted molar refractivity (Wildman–Crippen MR) is 132 cm³/mol. The molecule has 3 aromatic rings. The maximum atomic E-state index is 13.3. The van der Waals surface area contributed by atoms with Gasteiger partial charge in [-0.15, -0.1) is 0 Å². The molecule has 0 fully saturated rings. The maximum Gasteiger partial charge on any atom is 0.433 e. The molecule has 0 aliphatic carbocycles. The summed E-state index contributed by atoms with van der Waals surface area (Å²) in [6.07, 6.45) is -3.06. The lowest BCUT2D eigenvalue weighted by atomic mass is 9.98. The van der Waals surface area contributed by atoms with Gasteiger partial charge in [-0.3, -0.25) is 4.79 Å². The third-order valence-corrected chi connectivity index (χ3v) is 6.35. The highest BCUT2D eigenvalue weighted by Crippen LogP contribution is 2.32. The van der Waals surface area contributed by atoms with Crippen molar-refractivity contribution < 1.29 is 22.2 Å². The molecule has 35 heavy (non-hydrogen) atoms. The van der Waals surface area contributed by atoms with E-state index in [-0.39, 0.29) is 18.1 Å². The van der Waals surface area contributed by atoms with E-state index in [4.69, 9.17) is 11.6 Å². The van der Waals surface area contributed by atoms with E-state index in [9.17, 15) is 22.2 Å². The zero-order valence-corrected chi connectivity index (χ0v) is 20.9. The van der Waals surface area contributed by atoms with Crippen LogP contribution in [-0.2, 0) is 35.0 Å². The molecule has 3 rings (SSSR count). The van der Waals surface area contributed by atoms with Crippen molar-refractivity contribution in [3.8, 4) is 11.3 Å². The van der Waals surface area contributed by atoms with Crippen molar-refractivity contribution in [1.82, 2.24) is 15.0 Å². The van der Waals surface area contributed by atoms with E-state index in [2.05, 4.69) is 15.0 Å². The first-order valence-electron chi connectivity index (χ1n) is 10.7. The Balaban J connectivity index is 1.79. The number of aromatic nitrogens is 1. The Labute approximate surface area is 209 Å². The number of pyridine rings is 1. The van der Waals surface area contributed by atoms with Crippen LogP contribution < -0.4 is 10.0 Å². The van der Waals surface area contributed by atoms with Crippen LogP contribution in [0.5, 0.6) is 0 Å². The monoisotopic (exact) mass is 523 g/mol. The molecule has 0 aliphatic rings. The molecule has 0 spiro atoms. The molecule has 10 heteroatoms. The number of amides is 1. The number of hydrogen-bond acceptors (Lipinski definition) is 3. The summed E-state index contributed by atoms with van der Waals surface area (Å²) in [6.45, 7) is 3.89. The fourth-order valence-corrected chi connectivity index (χ4v) is 4.09. The van der Waals surface area contributed by atoms with Crippen LogP contribution in [0, 0.1) is 6.92 Å². The van der Waals surface area contributed by atoms with Crippen LogP contribution in [0.3, 0.4) is 0 Å². The smallest absolute Gasteiger partial charge is 0.351 e. The average Bonchev–Trinajstić information content (AvgIpc) is 2.80. The lowest BCUT2D eigenvalue weighted by Crippen LogP contribution is -2.28. The van der Waals surface area contributed by atoms with Gasteiger partial charge < -0.3 is 5.32 Å². The highest BCUT2D eigenvalue weighted by atomic mass is 35.5. The van der Waals surface area contributed by atoms with Crippen molar-refractivity contribution in [2.45, 2.75) is 39.0 Å². The molecule has 2 N–H and O–H groups in total. The normalized spacial score (nSPS) is 13.3. The number of aryl methyl sites for hydroxylation is 1. The first-order chi connectivity index (χ1) is 16.5. The summed E-state index contributed by atoms with van der Waals surface area (Å²) in [5, 5.41) is 3.24. The third kappa shape index (κ3) is 7.13. The molecule has 2 unspecified atom stereocenters. The Morgan fingerprint density at radius 1 is 1.09 bits per heavy atom. The second-order valence-corrected chi connectivity index (χ2v) is 9.74. The van der Waals surface area contributed by atoms with E-state index in [1.165, 1.54) is 12.3 Å². The van der Waals surface area contributed by atoms with Crippen molar-refractivity contribution >= 4 is 28.5 Å². The Morgan fingerprint density at radius 2 is 1.80 bits per heavy atom. The lowest BCUT2D eigenvalue weighted by Gasteiger charge is -2.17. The SMILES string of the molecule is Cc1cccc(-c2nc(C(F)(F)F)ccc2CNC(=O)C(C)c2ccc(CNS(C)=O)c(Cl)c2)c1. The molecule has 0 saturated carbocycles. The van der Waals surface area contributed by atoms with Crippen LogP contribution in [-0.4, -0.2) is 21.4 Å². The lowest BCUT2D eigenvalue weighted by molar-refractivity contribution is -0.141. The number of halogens is 4. The van der Waals surface area contributed by atoms with E-state index >= 15 is 0 Å². The van der Waals surface area contributed by atoms with E-state index in [1.807, 2.05) is 13.0 Å². The molecule has 0 radical (unpaired) electrons. The van der Waals surface area contributed by atoms with Gasteiger partial charge in [0, 0.05) is 29.9 Å². The standard InChI is InChI=1S/C25H25ClF3N3O2S/c1-15-5-4-6-18(11-15)23-20(9-10-22(32-23)25(27,28)29)13-30-24(33)16(2)17-7-8-19(21(26)12-17)14-31-35(3)34/h4-12,16,31H,13-14H2,1-3H3,(H,30,33). The Kier molecular flexibility index (Phi) is 8.69. The second-order valence-electron chi connectivity index (χ2n) is 8.14. The number of alkyl halides is 3. The zero-order chi connectivity index (χ0) is 25.8. The molecule has 0 bridgehead atoms. The molecule has 1 aromatic heterocycles. The summed E-state index contributed by atoms with van der Waals surface area (Å²) in [7, 11) is -1.18. The van der Waals surface area contributed by atoms with Gasteiger partial charge in [0.25, 0.3) is 0 Å². The predicted octanol–water partition coefficient (Wildman–Crippen LogP) is 5.53. The molecule has 5 nitrogen and oxygen atoms in total. The second kappa shape index (κ2) is 11.3. The Hall–Kier alpha value is -2.75. The fraction of sp³-hybridized carbons (Fsp3) is 0.280. The highest BCUT2D eigenvalue weighted by molar-refractivity contribution is 7.82. The Morgan fingerprint density at radius 3 is 2.43 bits per heavy atom. The van der Waals surface area contributed by atoms with Crippen molar-refractivity contribution in [1.29, 1.82) is 0 Å². The highest BCUT2D eigenvalue weighted by Gasteiger charge is 2.33. The van der Waals surface area contributed by atoms with Crippen LogP contribution in [0.4, 0.5) is 13.2 Å². The van der Waals surface area contributed by atoms with Crippen molar-refractivity contribution in [2.75, 3.05) is 6.26 Å². The number of nitrogens with one attached hydrogen (secondary N) is 2. The van der Waals surface area contributed by atoms with Gasteiger partial charge in [0.05, 0.1) is 22.6 Å². The van der Waals surface area contributed by atoms with Crippen molar-refractivity contribution in [2.24, 2.45) is 0 Å². The minimum atomic E-state index is -4.58. The first kappa shape index (κ1) is 26.8. The summed E-state index contributed by atoms with van der Waals surface area (Å²) >= 11 is 6.32. The van der Waals surface area contributed by atoms with Gasteiger partial charge in [-0.2, -0.15) is 13.2 Å². The summed E-state index contributed by atoms with van der Waals surface area (Å²) in [4.78, 5) is 16.7. The van der Waals surface area contributed by atoms with Gasteiger partial charge in [-0.05, 0) is 48.7 Å². The van der Waals surface area contributed by atoms with Crippen LogP contribution in [0.1, 0.15) is 40.8 Å². The number of hydrogen-bond donors (Lipinski definition) is 2. The molecule has 186 valence electrons. The largest absolute Gasteiger partial charge is 0.433 e. The average molecular weight is 524 g/mol. The van der Waals surface area contributed by atoms with Crippen LogP contribution in [0.25, 0.3) is 11.3 Å². The molecule has 2 aromatic carbocycles. The number of rotatable bonds is 8. The minimum Gasteiger partial charge on any atom is -0.351 e. The first-order valence-corrected chi connectivity index (χ1v) is 12.7. The van der Waals surface area contributed by atoms with Crippen LogP contribution in [0.15, 0.2) is 54.6 Å². The molecule has 0 saturated heterocycles. The number of carbonyl (C=O) groups is 1. The molecule has 1 heterocycles. The van der Waals surface area contributed by atoms with Gasteiger partial charge in [-0.25, -0.2) is 13.9 Å². The number of benzene rings is 2. The van der Waals surface area contributed by atoms with Crippen LogP contribution in [0.2, 0.25) is 5.02 Å². The fourth-order valence-electron chi connectivity index (χ4n) is 3.47. The topological polar surface area (TPSA) is 71.1 Å². The van der Waals surface area contributed by atoms with E-state index in [1.54, 1.807) is 43.3 Å². The minimum absolute atomic E-state index is 0.00956. The quantitative estimate of drug-likeness (QED) is 0.408. The Bertz CT molecular complexity index is 1250. The third-order valence-electron chi connectivity index (χ3n) is 5.45. The van der Waals surface area contributed by atoms with Crippen LogP contribution >= 0.6 is 11.6 Å². The summed E-state index contributed by atoms with van der Waals surface area (Å²) in [5.74, 6) is -0.865. The van der Waals surface area contributed by atoms with Gasteiger partial charge in [0.15, 0.2) is 0 Å².